The molecule has 6 aromatic carbocycles. The number of rotatable bonds is 5. The highest BCUT2D eigenvalue weighted by atomic mass is 15.3. The first-order valence-electron chi connectivity index (χ1n) is 20.1. The number of hydrogen-bond donors (Lipinski definition) is 1. The number of nitrogens with one attached hydrogen (secondary N) is 1. The molecule has 0 atom stereocenters. The first-order valence-corrected chi connectivity index (χ1v) is 20.1. The first-order chi connectivity index (χ1) is 28.6. The van der Waals surface area contributed by atoms with Gasteiger partial charge in [-0.25, -0.2) is 15.0 Å². The molecular formula is C52H40N6. The van der Waals surface area contributed by atoms with E-state index in [1.807, 2.05) is 24.3 Å². The van der Waals surface area contributed by atoms with Crippen molar-refractivity contribution in [3.63, 3.8) is 0 Å². The summed E-state index contributed by atoms with van der Waals surface area (Å²) in [6.45, 7) is 7.26. The summed E-state index contributed by atoms with van der Waals surface area (Å²) in [5.41, 5.74) is 10.9. The summed E-state index contributed by atoms with van der Waals surface area (Å²) in [4.78, 5) is 18.3. The predicted octanol–water partition coefficient (Wildman–Crippen LogP) is 9.02. The van der Waals surface area contributed by atoms with Crippen LogP contribution in [0.3, 0.4) is 0 Å². The molecule has 0 aliphatic carbocycles. The highest BCUT2D eigenvalue weighted by Gasteiger charge is 2.31. The Hall–Kier alpha value is -7.31. The van der Waals surface area contributed by atoms with Crippen LogP contribution >= 0.6 is 0 Å². The lowest BCUT2D eigenvalue weighted by Gasteiger charge is -2.33. The second kappa shape index (κ2) is 13.4. The number of benzene rings is 6. The minimum atomic E-state index is 0.317. The van der Waals surface area contributed by atoms with E-state index in [1.165, 1.54) is 27.0 Å². The quantitative estimate of drug-likeness (QED) is 0.191. The highest BCUT2D eigenvalue weighted by molar-refractivity contribution is 6.10. The van der Waals surface area contributed by atoms with E-state index >= 15 is 0 Å². The smallest absolute Gasteiger partial charge is 0.162 e. The monoisotopic (exact) mass is 748 g/mol. The zero-order valence-electron chi connectivity index (χ0n) is 32.6. The van der Waals surface area contributed by atoms with Crippen molar-refractivity contribution in [3.05, 3.63) is 172 Å². The standard InChI is InChI=1S/C52H40N6/c1-4-37-39-27-28-53-49-42-31-35(34-23-25-46-41(30-34)38-19-12-14-22-45(38)57(46)36-17-9-6-10-18-36)24-26-47(42)58(52(48(39)49)55-44(37)29-32(2)3)51-40-20-11-13-21-43(40)54-50(56-51)33-15-7-5-8-16-33/h4-27,29-32,53H,28H2,1-3H3/b37-4-,44-29+. The number of para-hydroxylation sites is 3. The van der Waals surface area contributed by atoms with Gasteiger partial charge < -0.3 is 9.88 Å². The summed E-state index contributed by atoms with van der Waals surface area (Å²) in [5.74, 6) is 2.66. The van der Waals surface area contributed by atoms with E-state index in [2.05, 4.69) is 175 Å². The molecule has 0 bridgehead atoms. The summed E-state index contributed by atoms with van der Waals surface area (Å²) < 4.78 is 2.37. The second-order valence-electron chi connectivity index (χ2n) is 15.4. The maximum atomic E-state index is 5.55. The molecule has 3 aromatic heterocycles. The molecule has 5 heterocycles. The van der Waals surface area contributed by atoms with Crippen LogP contribution in [-0.4, -0.2) is 26.1 Å². The molecule has 6 heteroatoms. The maximum Gasteiger partial charge on any atom is 0.162 e. The molecule has 9 aromatic rings. The van der Waals surface area contributed by atoms with Gasteiger partial charge in [0.1, 0.15) is 5.82 Å². The van der Waals surface area contributed by atoms with Gasteiger partial charge in [-0.05, 0) is 83.8 Å². The topological polar surface area (TPSA) is 58.9 Å². The number of aromatic nitrogens is 4. The van der Waals surface area contributed by atoms with E-state index in [4.69, 9.17) is 15.0 Å². The molecule has 0 saturated heterocycles. The molecule has 278 valence electrons. The minimum Gasteiger partial charge on any atom is -0.380 e. The van der Waals surface area contributed by atoms with Crippen molar-refractivity contribution in [2.45, 2.75) is 20.8 Å². The number of anilines is 3. The van der Waals surface area contributed by atoms with Gasteiger partial charge in [0.25, 0.3) is 0 Å². The first kappa shape index (κ1) is 34.0. The van der Waals surface area contributed by atoms with Crippen molar-refractivity contribution in [2.24, 2.45) is 5.92 Å². The fourth-order valence-electron chi connectivity index (χ4n) is 8.96. The van der Waals surface area contributed by atoms with Crippen molar-refractivity contribution < 1.29 is 0 Å². The normalized spacial score (nSPS) is 13.9. The summed E-state index contributed by atoms with van der Waals surface area (Å²) in [5, 5.41) is 11.7. The summed E-state index contributed by atoms with van der Waals surface area (Å²) in [7, 11) is 0. The van der Waals surface area contributed by atoms with Crippen molar-refractivity contribution in [3.8, 4) is 28.2 Å². The van der Waals surface area contributed by atoms with Crippen LogP contribution in [0.2, 0.25) is 0 Å². The molecule has 0 fully saturated rings. The van der Waals surface area contributed by atoms with E-state index in [-0.39, 0.29) is 0 Å². The van der Waals surface area contributed by atoms with Crippen LogP contribution in [0.5, 0.6) is 0 Å². The van der Waals surface area contributed by atoms with E-state index in [1.54, 1.807) is 0 Å². The Bertz CT molecular complexity index is 3380. The third kappa shape index (κ3) is 5.29. The lowest BCUT2D eigenvalue weighted by Crippen LogP contribution is -2.56. The molecular weight excluding hydrogens is 709 g/mol. The van der Waals surface area contributed by atoms with E-state index in [9.17, 15) is 0 Å². The molecule has 11 rings (SSSR count). The van der Waals surface area contributed by atoms with Gasteiger partial charge in [0.05, 0.1) is 33.3 Å². The number of hydrogen-bond acceptors (Lipinski definition) is 5. The van der Waals surface area contributed by atoms with Gasteiger partial charge in [0.2, 0.25) is 0 Å². The molecule has 1 N–H and O–H groups in total. The Balaban J connectivity index is 1.20. The van der Waals surface area contributed by atoms with Gasteiger partial charge in [0, 0.05) is 50.0 Å². The molecule has 0 saturated carbocycles. The summed E-state index contributed by atoms with van der Waals surface area (Å²) in [6, 6.07) is 51.7. The van der Waals surface area contributed by atoms with Crippen molar-refractivity contribution in [1.29, 1.82) is 0 Å². The molecule has 2 aliphatic heterocycles. The van der Waals surface area contributed by atoms with Crippen LogP contribution in [0, 0.1) is 5.92 Å². The van der Waals surface area contributed by atoms with Crippen LogP contribution < -0.4 is 31.2 Å². The average Bonchev–Trinajstić information content (AvgIpc) is 3.60. The zero-order valence-corrected chi connectivity index (χ0v) is 32.6. The molecule has 0 amide bonds. The van der Waals surface area contributed by atoms with Gasteiger partial charge in [-0.3, -0.25) is 4.90 Å². The Morgan fingerprint density at radius 3 is 2.16 bits per heavy atom. The van der Waals surface area contributed by atoms with Crippen molar-refractivity contribution in [2.75, 3.05) is 11.4 Å². The summed E-state index contributed by atoms with van der Waals surface area (Å²) >= 11 is 0. The number of nitrogens with zero attached hydrogens (tertiary/aromatic N) is 5. The second-order valence-corrected chi connectivity index (χ2v) is 15.4. The molecule has 0 spiro atoms. The Kier molecular flexibility index (Phi) is 7.86. The summed E-state index contributed by atoms with van der Waals surface area (Å²) in [6.07, 6.45) is 6.80. The fraction of sp³-hybridized carbons (Fsp3) is 0.0962. The van der Waals surface area contributed by atoms with Gasteiger partial charge >= 0.3 is 0 Å². The zero-order chi connectivity index (χ0) is 38.9. The Labute approximate surface area is 336 Å². The van der Waals surface area contributed by atoms with Crippen LogP contribution in [0.15, 0.2) is 146 Å². The maximum absolute atomic E-state index is 5.55. The lowest BCUT2D eigenvalue weighted by molar-refractivity contribution is 0.872. The van der Waals surface area contributed by atoms with Gasteiger partial charge in [-0.15, -0.1) is 0 Å². The van der Waals surface area contributed by atoms with Crippen molar-refractivity contribution >= 4 is 74.0 Å². The van der Waals surface area contributed by atoms with E-state index in [0.29, 0.717) is 11.7 Å². The highest BCUT2D eigenvalue weighted by Crippen LogP contribution is 2.43. The third-order valence-electron chi connectivity index (χ3n) is 11.5. The average molecular weight is 749 g/mol. The van der Waals surface area contributed by atoms with Gasteiger partial charge in [0.15, 0.2) is 11.6 Å². The molecule has 6 nitrogen and oxygen atoms in total. The van der Waals surface area contributed by atoms with Crippen LogP contribution in [-0.2, 0) is 0 Å². The van der Waals surface area contributed by atoms with Crippen LogP contribution in [0.4, 0.5) is 17.3 Å². The molecule has 58 heavy (non-hydrogen) atoms. The van der Waals surface area contributed by atoms with Crippen LogP contribution in [0.25, 0.3) is 84.8 Å². The van der Waals surface area contributed by atoms with Gasteiger partial charge in [-0.1, -0.05) is 123 Å². The molecule has 0 unspecified atom stereocenters. The van der Waals surface area contributed by atoms with E-state index < -0.39 is 0 Å². The number of fused-ring (bicyclic) bond motifs is 6. The predicted molar refractivity (Wildman–Crippen MR) is 240 cm³/mol. The Morgan fingerprint density at radius 2 is 1.34 bits per heavy atom. The molecule has 0 radical (unpaired) electrons. The third-order valence-corrected chi connectivity index (χ3v) is 11.5. The van der Waals surface area contributed by atoms with Crippen LogP contribution in [0.1, 0.15) is 26.3 Å². The van der Waals surface area contributed by atoms with Crippen molar-refractivity contribution in [1.82, 2.24) is 24.8 Å². The largest absolute Gasteiger partial charge is 0.380 e. The molecule has 2 aliphatic rings. The van der Waals surface area contributed by atoms with E-state index in [0.717, 1.165) is 84.2 Å². The van der Waals surface area contributed by atoms with Gasteiger partial charge in [-0.2, -0.15) is 0 Å². The minimum absolute atomic E-state index is 0.317. The fourth-order valence-corrected chi connectivity index (χ4v) is 8.96. The SMILES string of the molecule is C/C=c1/c2c3c(n/c1=C/C(C)C)N(c1nc(-c4ccccc4)nc4ccccc14)c1ccc(-c4ccc5c(c4)c4ccccc4n5-c4ccccc4)cc1C=3NCC=2. The Morgan fingerprint density at radius 1 is 0.638 bits per heavy atom. The lowest BCUT2D eigenvalue weighted by atomic mass is 9.93. The number of pyridine rings is 1.